The zero-order valence-corrected chi connectivity index (χ0v) is 15.0. The number of methoxy groups -OCH3 is 1. The molecule has 1 aliphatic carbocycles. The van der Waals surface area contributed by atoms with E-state index in [2.05, 4.69) is 30.6 Å². The summed E-state index contributed by atoms with van der Waals surface area (Å²) in [5, 5.41) is 6.75. The molecule has 3 aromatic rings. The molecular weight excluding hydrogens is 328 g/mol. The van der Waals surface area contributed by atoms with Gasteiger partial charge in [-0.1, -0.05) is 19.3 Å². The summed E-state index contributed by atoms with van der Waals surface area (Å²) < 4.78 is 5.19. The lowest BCUT2D eigenvalue weighted by Crippen LogP contribution is -2.18. The van der Waals surface area contributed by atoms with E-state index in [0.29, 0.717) is 11.6 Å². The van der Waals surface area contributed by atoms with Gasteiger partial charge in [0.1, 0.15) is 11.3 Å². The molecule has 1 saturated carbocycles. The summed E-state index contributed by atoms with van der Waals surface area (Å²) in [4.78, 5) is 16.6. The van der Waals surface area contributed by atoms with E-state index < -0.39 is 0 Å². The number of nitrogens with zero attached hydrogens (tertiary/aromatic N) is 3. The van der Waals surface area contributed by atoms with Crippen molar-refractivity contribution >= 4 is 28.6 Å². The van der Waals surface area contributed by atoms with Gasteiger partial charge in [0.25, 0.3) is 0 Å². The lowest BCUT2D eigenvalue weighted by atomic mass is 9.89. The molecule has 0 saturated heterocycles. The topological polar surface area (TPSA) is 87.8 Å². The number of aromatic amines is 1. The smallest absolute Gasteiger partial charge is 0.231 e. The van der Waals surface area contributed by atoms with Crippen LogP contribution in [0.1, 0.15) is 32.1 Å². The largest absolute Gasteiger partial charge is 0.497 e. The van der Waals surface area contributed by atoms with Gasteiger partial charge in [0.05, 0.1) is 13.4 Å². The highest BCUT2D eigenvalue weighted by molar-refractivity contribution is 5.84. The molecule has 1 aliphatic rings. The number of fused-ring (bicyclic) bond motifs is 1. The number of H-pyrrole nitrogens is 1. The van der Waals surface area contributed by atoms with Crippen LogP contribution in [0.5, 0.6) is 5.75 Å². The van der Waals surface area contributed by atoms with E-state index in [0.717, 1.165) is 35.2 Å². The molecule has 0 aliphatic heterocycles. The molecule has 0 radical (unpaired) electrons. The van der Waals surface area contributed by atoms with Gasteiger partial charge in [0, 0.05) is 12.2 Å². The molecule has 7 heteroatoms. The SMILES string of the molecule is COc1ccc(Nc2nc(NCC3CCCCC3)c3[nH]cnc3n2)cc1. The number of imidazole rings is 1. The fourth-order valence-corrected chi connectivity index (χ4v) is 3.45. The van der Waals surface area contributed by atoms with E-state index in [-0.39, 0.29) is 0 Å². The summed E-state index contributed by atoms with van der Waals surface area (Å²) in [5.74, 6) is 2.86. The summed E-state index contributed by atoms with van der Waals surface area (Å²) in [6.45, 7) is 0.938. The third-order valence-corrected chi connectivity index (χ3v) is 4.91. The maximum atomic E-state index is 5.19. The highest BCUT2D eigenvalue weighted by Gasteiger charge is 2.15. The van der Waals surface area contributed by atoms with E-state index in [9.17, 15) is 0 Å². The first-order valence-corrected chi connectivity index (χ1v) is 9.18. The summed E-state index contributed by atoms with van der Waals surface area (Å²) in [6.07, 6.45) is 8.27. The number of anilines is 3. The number of hydrogen-bond acceptors (Lipinski definition) is 6. The number of aromatic nitrogens is 4. The van der Waals surface area contributed by atoms with Gasteiger partial charge in [-0.25, -0.2) is 4.98 Å². The van der Waals surface area contributed by atoms with Crippen LogP contribution in [0.25, 0.3) is 11.2 Å². The van der Waals surface area contributed by atoms with Crippen molar-refractivity contribution in [3.05, 3.63) is 30.6 Å². The van der Waals surface area contributed by atoms with Crippen molar-refractivity contribution in [1.82, 2.24) is 19.9 Å². The Labute approximate surface area is 152 Å². The average molecular weight is 352 g/mol. The van der Waals surface area contributed by atoms with Crippen LogP contribution in [0.2, 0.25) is 0 Å². The van der Waals surface area contributed by atoms with E-state index in [1.165, 1.54) is 32.1 Å². The van der Waals surface area contributed by atoms with E-state index in [1.807, 2.05) is 24.3 Å². The number of hydrogen-bond donors (Lipinski definition) is 3. The molecule has 0 amide bonds. The Kier molecular flexibility index (Phi) is 4.86. The number of rotatable bonds is 6. The molecule has 0 spiro atoms. The Hall–Kier alpha value is -2.83. The molecule has 0 atom stereocenters. The lowest BCUT2D eigenvalue weighted by Gasteiger charge is -2.22. The second-order valence-corrected chi connectivity index (χ2v) is 6.74. The Morgan fingerprint density at radius 1 is 1.12 bits per heavy atom. The van der Waals surface area contributed by atoms with Gasteiger partial charge in [-0.05, 0) is 43.0 Å². The van der Waals surface area contributed by atoms with Crippen molar-refractivity contribution in [2.75, 3.05) is 24.3 Å². The Balaban J connectivity index is 1.53. The first-order valence-electron chi connectivity index (χ1n) is 9.18. The van der Waals surface area contributed by atoms with Gasteiger partial charge in [0.15, 0.2) is 11.5 Å². The van der Waals surface area contributed by atoms with Crippen LogP contribution in [0.3, 0.4) is 0 Å². The van der Waals surface area contributed by atoms with Crippen molar-refractivity contribution in [1.29, 1.82) is 0 Å². The maximum Gasteiger partial charge on any atom is 0.231 e. The Morgan fingerprint density at radius 3 is 2.69 bits per heavy atom. The molecule has 0 unspecified atom stereocenters. The Morgan fingerprint density at radius 2 is 1.92 bits per heavy atom. The third-order valence-electron chi connectivity index (χ3n) is 4.91. The second kappa shape index (κ2) is 7.59. The van der Waals surface area contributed by atoms with Gasteiger partial charge >= 0.3 is 0 Å². The molecule has 4 rings (SSSR count). The highest BCUT2D eigenvalue weighted by Crippen LogP contribution is 2.26. The standard InChI is InChI=1S/C19H24N6O/c1-26-15-9-7-14(8-10-15)23-19-24-17(16-18(25-19)22-12-21-16)20-11-13-5-3-2-4-6-13/h7-10,12-13H,2-6,11H2,1H3,(H3,20,21,22,23,24,25). The maximum absolute atomic E-state index is 5.19. The van der Waals surface area contributed by atoms with Crippen molar-refractivity contribution in [3.8, 4) is 5.75 Å². The van der Waals surface area contributed by atoms with E-state index in [1.54, 1.807) is 13.4 Å². The quantitative estimate of drug-likeness (QED) is 0.619. The number of nitrogens with one attached hydrogen (secondary N) is 3. The first-order chi connectivity index (χ1) is 12.8. The van der Waals surface area contributed by atoms with Crippen molar-refractivity contribution in [3.63, 3.8) is 0 Å². The number of ether oxygens (including phenoxy) is 1. The highest BCUT2D eigenvalue weighted by atomic mass is 16.5. The van der Waals surface area contributed by atoms with Crippen LogP contribution in [0.4, 0.5) is 17.5 Å². The first kappa shape index (κ1) is 16.6. The van der Waals surface area contributed by atoms with Crippen LogP contribution in [-0.2, 0) is 0 Å². The minimum atomic E-state index is 0.529. The fraction of sp³-hybridized carbons (Fsp3) is 0.421. The molecule has 2 heterocycles. The zero-order chi connectivity index (χ0) is 17.8. The van der Waals surface area contributed by atoms with Gasteiger partial charge in [-0.2, -0.15) is 9.97 Å². The second-order valence-electron chi connectivity index (χ2n) is 6.74. The minimum absolute atomic E-state index is 0.529. The van der Waals surface area contributed by atoms with Crippen LogP contribution in [-0.4, -0.2) is 33.6 Å². The van der Waals surface area contributed by atoms with Crippen LogP contribution >= 0.6 is 0 Å². The van der Waals surface area contributed by atoms with Crippen LogP contribution in [0, 0.1) is 5.92 Å². The van der Waals surface area contributed by atoms with Crippen LogP contribution in [0.15, 0.2) is 30.6 Å². The predicted molar refractivity (Wildman–Crippen MR) is 103 cm³/mol. The van der Waals surface area contributed by atoms with E-state index in [4.69, 9.17) is 4.74 Å². The average Bonchev–Trinajstić information content (AvgIpc) is 3.16. The van der Waals surface area contributed by atoms with E-state index >= 15 is 0 Å². The van der Waals surface area contributed by atoms with Gasteiger partial charge < -0.3 is 20.4 Å². The van der Waals surface area contributed by atoms with Gasteiger partial charge in [-0.15, -0.1) is 0 Å². The minimum Gasteiger partial charge on any atom is -0.497 e. The summed E-state index contributed by atoms with van der Waals surface area (Å²) >= 11 is 0. The van der Waals surface area contributed by atoms with Crippen molar-refractivity contribution in [2.24, 2.45) is 5.92 Å². The van der Waals surface area contributed by atoms with Gasteiger partial charge in [-0.3, -0.25) is 0 Å². The summed E-state index contributed by atoms with van der Waals surface area (Å²) in [5.41, 5.74) is 2.40. The summed E-state index contributed by atoms with van der Waals surface area (Å²) in [6, 6.07) is 7.67. The normalized spacial score (nSPS) is 15.1. The molecule has 7 nitrogen and oxygen atoms in total. The molecule has 136 valence electrons. The molecule has 26 heavy (non-hydrogen) atoms. The lowest BCUT2D eigenvalue weighted by molar-refractivity contribution is 0.373. The third kappa shape index (κ3) is 3.71. The number of benzene rings is 1. The fourth-order valence-electron chi connectivity index (χ4n) is 3.45. The van der Waals surface area contributed by atoms with Crippen molar-refractivity contribution in [2.45, 2.75) is 32.1 Å². The molecular formula is C19H24N6O. The summed E-state index contributed by atoms with van der Waals surface area (Å²) in [7, 11) is 1.65. The zero-order valence-electron chi connectivity index (χ0n) is 15.0. The van der Waals surface area contributed by atoms with Crippen molar-refractivity contribution < 1.29 is 4.74 Å². The Bertz CT molecular complexity index is 854. The molecule has 3 N–H and O–H groups in total. The molecule has 2 aromatic heterocycles. The molecule has 0 bridgehead atoms. The van der Waals surface area contributed by atoms with Gasteiger partial charge in [0.2, 0.25) is 5.95 Å². The molecule has 1 fully saturated rings. The van der Waals surface area contributed by atoms with Crippen LogP contribution < -0.4 is 15.4 Å². The molecule has 1 aromatic carbocycles. The monoisotopic (exact) mass is 352 g/mol. The predicted octanol–water partition coefficient (Wildman–Crippen LogP) is 4.10.